The van der Waals surface area contributed by atoms with Crippen molar-refractivity contribution in [2.45, 2.75) is 80.7 Å². The summed E-state index contributed by atoms with van der Waals surface area (Å²) in [6, 6.07) is 4.12. The van der Waals surface area contributed by atoms with Gasteiger partial charge in [0.1, 0.15) is 6.61 Å². The molecule has 30 heavy (non-hydrogen) atoms. The Bertz CT molecular complexity index is 837. The van der Waals surface area contributed by atoms with E-state index >= 15 is 0 Å². The van der Waals surface area contributed by atoms with E-state index in [1.807, 2.05) is 6.07 Å². The van der Waals surface area contributed by atoms with Crippen LogP contribution in [0.15, 0.2) is 18.3 Å². The van der Waals surface area contributed by atoms with Crippen LogP contribution < -0.4 is 9.46 Å². The Morgan fingerprint density at radius 2 is 1.90 bits per heavy atom. The van der Waals surface area contributed by atoms with Crippen molar-refractivity contribution in [3.63, 3.8) is 0 Å². The second-order valence-corrected chi connectivity index (χ2v) is 11.3. The van der Waals surface area contributed by atoms with E-state index in [-0.39, 0.29) is 23.4 Å². The molecule has 3 aliphatic heterocycles. The smallest absolute Gasteiger partial charge is 0.216 e. The van der Waals surface area contributed by atoms with Gasteiger partial charge in [0.05, 0.1) is 18.0 Å². The van der Waals surface area contributed by atoms with Gasteiger partial charge in [0.15, 0.2) is 0 Å². The largest absolute Gasteiger partial charge is 0.476 e. The number of nitrogens with one attached hydrogen (secondary N) is 1. The molecule has 3 fully saturated rings. The van der Waals surface area contributed by atoms with Crippen LogP contribution in [0.5, 0.6) is 5.88 Å². The molecular formula is C22H33N3O4S. The molecule has 4 heterocycles. The van der Waals surface area contributed by atoms with E-state index in [4.69, 9.17) is 9.47 Å². The molecule has 8 heteroatoms. The number of ether oxygens (including phenoxy) is 2. The second kappa shape index (κ2) is 8.73. The lowest BCUT2D eigenvalue weighted by molar-refractivity contribution is -0.0284. The van der Waals surface area contributed by atoms with Gasteiger partial charge in [0.2, 0.25) is 15.9 Å². The van der Waals surface area contributed by atoms with Crippen LogP contribution in [0, 0.1) is 0 Å². The molecule has 2 unspecified atom stereocenters. The molecule has 0 spiro atoms. The van der Waals surface area contributed by atoms with Gasteiger partial charge >= 0.3 is 0 Å². The number of nitrogens with zero attached hydrogens (tertiary/aromatic N) is 2. The molecule has 2 saturated carbocycles. The number of hydrogen-bond acceptors (Lipinski definition) is 6. The average molecular weight is 436 g/mol. The molecular weight excluding hydrogens is 402 g/mol. The van der Waals surface area contributed by atoms with E-state index in [1.54, 1.807) is 6.20 Å². The number of aromatic nitrogens is 1. The summed E-state index contributed by atoms with van der Waals surface area (Å²) in [5.41, 5.74) is 1.22. The fourth-order valence-corrected chi connectivity index (χ4v) is 6.96. The van der Waals surface area contributed by atoms with Crippen molar-refractivity contribution in [1.29, 1.82) is 0 Å². The van der Waals surface area contributed by atoms with Crippen molar-refractivity contribution >= 4 is 10.0 Å². The molecule has 1 saturated heterocycles. The summed E-state index contributed by atoms with van der Waals surface area (Å²) >= 11 is 0. The van der Waals surface area contributed by atoms with Crippen molar-refractivity contribution in [3.05, 3.63) is 23.9 Å². The third-order valence-corrected chi connectivity index (χ3v) is 9.19. The number of sulfonamides is 1. The van der Waals surface area contributed by atoms with Crippen LogP contribution >= 0.6 is 0 Å². The van der Waals surface area contributed by atoms with Crippen LogP contribution in [-0.4, -0.2) is 68.0 Å². The Morgan fingerprint density at radius 1 is 1.07 bits per heavy atom. The highest BCUT2D eigenvalue weighted by atomic mass is 32.2. The van der Waals surface area contributed by atoms with Crippen LogP contribution in [0.1, 0.15) is 62.8 Å². The third kappa shape index (κ3) is 4.52. The molecule has 0 radical (unpaired) electrons. The monoisotopic (exact) mass is 435 g/mol. The molecule has 6 rings (SSSR count). The van der Waals surface area contributed by atoms with Gasteiger partial charge in [-0.2, -0.15) is 0 Å². The topological polar surface area (TPSA) is 80.8 Å². The third-order valence-electron chi connectivity index (χ3n) is 7.21. The molecule has 7 nitrogen and oxygen atoms in total. The van der Waals surface area contributed by atoms with Gasteiger partial charge in [-0.15, -0.1) is 0 Å². The average Bonchev–Trinajstić information content (AvgIpc) is 3.59. The second-order valence-electron chi connectivity index (χ2n) is 9.27. The van der Waals surface area contributed by atoms with Gasteiger partial charge in [-0.25, -0.2) is 18.1 Å². The first kappa shape index (κ1) is 20.7. The van der Waals surface area contributed by atoms with Crippen molar-refractivity contribution < 1.29 is 17.9 Å². The zero-order valence-electron chi connectivity index (χ0n) is 17.5. The summed E-state index contributed by atoms with van der Waals surface area (Å²) in [5, 5.41) is -0.190. The molecule has 0 amide bonds. The first-order chi connectivity index (χ1) is 14.6. The summed E-state index contributed by atoms with van der Waals surface area (Å²) in [5.74, 6) is 1.25. The van der Waals surface area contributed by atoms with Crippen molar-refractivity contribution in [3.8, 4) is 5.88 Å². The zero-order valence-corrected chi connectivity index (χ0v) is 18.4. The van der Waals surface area contributed by atoms with Crippen molar-refractivity contribution in [2.75, 3.05) is 26.3 Å². The molecule has 166 valence electrons. The molecule has 2 bridgehead atoms. The Morgan fingerprint density at radius 3 is 2.70 bits per heavy atom. The predicted octanol–water partition coefficient (Wildman–Crippen LogP) is 2.43. The van der Waals surface area contributed by atoms with Crippen LogP contribution in [-0.2, 0) is 14.8 Å². The molecule has 1 N–H and O–H groups in total. The number of piperidine rings is 1. The Labute approximate surface area is 179 Å². The van der Waals surface area contributed by atoms with Gasteiger partial charge in [0, 0.05) is 30.4 Å². The van der Waals surface area contributed by atoms with Crippen molar-refractivity contribution in [2.24, 2.45) is 0 Å². The quantitative estimate of drug-likeness (QED) is 0.785. The fraction of sp³-hybridized carbons (Fsp3) is 0.773. The minimum absolute atomic E-state index is 0.0533. The zero-order chi connectivity index (χ0) is 20.6. The maximum atomic E-state index is 12.6. The standard InChI is InChI=1S/C22H33N3O4S/c26-30(27,18-9-10-18)24-20-4-2-12-25-13-14-28-22-19(3-1-11-23-22)16-5-7-17(8-6-16)29-15-21(20)25/h1,3,11,16-18,20-21,24H,2,4-10,12-15H2. The maximum Gasteiger partial charge on any atom is 0.216 e. The maximum absolute atomic E-state index is 12.6. The van der Waals surface area contributed by atoms with Gasteiger partial charge in [-0.1, -0.05) is 6.07 Å². The van der Waals surface area contributed by atoms with Gasteiger partial charge in [-0.05, 0) is 69.9 Å². The van der Waals surface area contributed by atoms with Gasteiger partial charge < -0.3 is 9.47 Å². The van der Waals surface area contributed by atoms with E-state index in [2.05, 4.69) is 20.7 Å². The van der Waals surface area contributed by atoms with E-state index in [0.717, 1.165) is 70.3 Å². The van der Waals surface area contributed by atoms with Crippen molar-refractivity contribution in [1.82, 2.24) is 14.6 Å². The molecule has 2 aliphatic carbocycles. The molecule has 0 aromatic carbocycles. The van der Waals surface area contributed by atoms with E-state index in [9.17, 15) is 8.42 Å². The number of pyridine rings is 1. The summed E-state index contributed by atoms with van der Waals surface area (Å²) in [6.45, 7) is 2.83. The summed E-state index contributed by atoms with van der Waals surface area (Å²) in [4.78, 5) is 6.87. The lowest BCUT2D eigenvalue weighted by Crippen LogP contribution is -2.58. The van der Waals surface area contributed by atoms with E-state index < -0.39 is 10.0 Å². The first-order valence-electron chi connectivity index (χ1n) is 11.5. The van der Waals surface area contributed by atoms with E-state index in [0.29, 0.717) is 19.1 Å². The summed E-state index contributed by atoms with van der Waals surface area (Å²) in [7, 11) is -3.22. The molecule has 1 aromatic heterocycles. The van der Waals surface area contributed by atoms with Crippen LogP contribution in [0.4, 0.5) is 0 Å². The van der Waals surface area contributed by atoms with Gasteiger partial charge in [0.25, 0.3) is 0 Å². The summed E-state index contributed by atoms with van der Waals surface area (Å²) in [6.07, 6.45) is 9.72. The highest BCUT2D eigenvalue weighted by molar-refractivity contribution is 7.90. The molecule has 2 atom stereocenters. The highest BCUT2D eigenvalue weighted by Crippen LogP contribution is 2.38. The lowest BCUT2D eigenvalue weighted by Gasteiger charge is -2.42. The van der Waals surface area contributed by atoms with Crippen LogP contribution in [0.3, 0.4) is 0 Å². The fourth-order valence-electron chi connectivity index (χ4n) is 5.32. The number of rotatable bonds is 3. The Balaban J connectivity index is 1.35. The van der Waals surface area contributed by atoms with E-state index in [1.165, 1.54) is 5.56 Å². The lowest BCUT2D eigenvalue weighted by atomic mass is 9.83. The van der Waals surface area contributed by atoms with Crippen LogP contribution in [0.25, 0.3) is 0 Å². The minimum Gasteiger partial charge on any atom is -0.476 e. The molecule has 5 aliphatic rings. The molecule has 1 aromatic rings. The highest BCUT2D eigenvalue weighted by Gasteiger charge is 2.41. The van der Waals surface area contributed by atoms with Gasteiger partial charge in [-0.3, -0.25) is 4.90 Å². The Kier molecular flexibility index (Phi) is 6.01. The van der Waals surface area contributed by atoms with Crippen LogP contribution in [0.2, 0.25) is 0 Å². The number of fused-ring (bicyclic) bond motifs is 5. The number of hydrogen-bond donors (Lipinski definition) is 1. The normalized spacial score (nSPS) is 33.3. The summed E-state index contributed by atoms with van der Waals surface area (Å²) < 4.78 is 40.8. The predicted molar refractivity (Wildman–Crippen MR) is 114 cm³/mol. The first-order valence-corrected chi connectivity index (χ1v) is 13.1. The SMILES string of the molecule is O=S(=O)(NC1CCCN2CCOc3ncccc3C3CCC(CC3)OCC12)C1CC1. The Hall–Kier alpha value is -1.22. The minimum atomic E-state index is -3.22.